The van der Waals surface area contributed by atoms with E-state index in [1.165, 1.54) is 0 Å². The van der Waals surface area contributed by atoms with E-state index in [1.54, 1.807) is 0 Å². The third kappa shape index (κ3) is 3.59. The standard InChI is InChI=1S/C21H17NO/c1-16-10-11-19(14-22)21(12-16)18-8-5-9-20(13-18)23-15-17-6-3-2-4-7-17/h2-13H,15H2,1H3. The van der Waals surface area contributed by atoms with E-state index in [0.29, 0.717) is 12.2 Å². The molecule has 0 bridgehead atoms. The van der Waals surface area contributed by atoms with Gasteiger partial charge in [-0.3, -0.25) is 0 Å². The molecule has 0 radical (unpaired) electrons. The molecule has 0 amide bonds. The molecule has 2 nitrogen and oxygen atoms in total. The number of nitriles is 1. The Bertz CT molecular complexity index is 847. The SMILES string of the molecule is Cc1ccc(C#N)c(-c2cccc(OCc3ccccc3)c2)c1. The molecule has 0 unspecified atom stereocenters. The van der Waals surface area contributed by atoms with Crippen LogP contribution >= 0.6 is 0 Å². The fourth-order valence-corrected chi connectivity index (χ4v) is 2.49. The van der Waals surface area contributed by atoms with Gasteiger partial charge in [-0.2, -0.15) is 5.26 Å². The summed E-state index contributed by atoms with van der Waals surface area (Å²) in [5.74, 6) is 0.803. The number of ether oxygens (including phenoxy) is 1. The third-order valence-corrected chi connectivity index (χ3v) is 3.69. The fraction of sp³-hybridized carbons (Fsp3) is 0.0952. The first-order valence-corrected chi connectivity index (χ1v) is 7.54. The highest BCUT2D eigenvalue weighted by Crippen LogP contribution is 2.28. The lowest BCUT2D eigenvalue weighted by Gasteiger charge is -2.10. The molecular formula is C21H17NO. The van der Waals surface area contributed by atoms with Gasteiger partial charge in [-0.15, -0.1) is 0 Å². The molecule has 2 heteroatoms. The summed E-state index contributed by atoms with van der Waals surface area (Å²) < 4.78 is 5.88. The van der Waals surface area contributed by atoms with Gasteiger partial charge in [0.25, 0.3) is 0 Å². The van der Waals surface area contributed by atoms with Crippen LogP contribution in [0.1, 0.15) is 16.7 Å². The highest BCUT2D eigenvalue weighted by atomic mass is 16.5. The molecule has 0 atom stereocenters. The molecule has 0 spiro atoms. The topological polar surface area (TPSA) is 33.0 Å². The first kappa shape index (κ1) is 14.9. The predicted octanol–water partition coefficient (Wildman–Crippen LogP) is 5.11. The van der Waals surface area contributed by atoms with Crippen molar-refractivity contribution in [3.63, 3.8) is 0 Å². The minimum Gasteiger partial charge on any atom is -0.489 e. The molecule has 0 aliphatic heterocycles. The van der Waals surface area contributed by atoms with Gasteiger partial charge in [0.05, 0.1) is 11.6 Å². The van der Waals surface area contributed by atoms with Crippen molar-refractivity contribution in [2.24, 2.45) is 0 Å². The zero-order valence-corrected chi connectivity index (χ0v) is 13.0. The molecule has 3 rings (SSSR count). The Morgan fingerprint density at radius 2 is 1.74 bits per heavy atom. The Morgan fingerprint density at radius 3 is 2.52 bits per heavy atom. The predicted molar refractivity (Wildman–Crippen MR) is 92.1 cm³/mol. The van der Waals surface area contributed by atoms with Gasteiger partial charge in [0.15, 0.2) is 0 Å². The van der Waals surface area contributed by atoms with Gasteiger partial charge < -0.3 is 4.74 Å². The summed E-state index contributed by atoms with van der Waals surface area (Å²) in [6.45, 7) is 2.56. The maximum atomic E-state index is 9.31. The molecule has 0 aliphatic carbocycles. The summed E-state index contributed by atoms with van der Waals surface area (Å²) in [4.78, 5) is 0. The van der Waals surface area contributed by atoms with Crippen molar-refractivity contribution in [3.05, 3.63) is 89.5 Å². The molecule has 0 saturated heterocycles. The Kier molecular flexibility index (Phi) is 4.40. The van der Waals surface area contributed by atoms with Gasteiger partial charge in [-0.1, -0.05) is 60.2 Å². The molecule has 0 saturated carbocycles. The summed E-state index contributed by atoms with van der Waals surface area (Å²) in [6.07, 6.45) is 0. The first-order chi connectivity index (χ1) is 11.3. The minimum atomic E-state index is 0.531. The molecule has 23 heavy (non-hydrogen) atoms. The van der Waals surface area contributed by atoms with Crippen LogP contribution in [-0.2, 0) is 6.61 Å². The Labute approximate surface area is 136 Å². The lowest BCUT2D eigenvalue weighted by atomic mass is 9.98. The van der Waals surface area contributed by atoms with Crippen molar-refractivity contribution < 1.29 is 4.74 Å². The fourth-order valence-electron chi connectivity index (χ4n) is 2.49. The summed E-state index contributed by atoms with van der Waals surface area (Å²) in [7, 11) is 0. The number of hydrogen-bond donors (Lipinski definition) is 0. The van der Waals surface area contributed by atoms with Crippen LogP contribution in [0.3, 0.4) is 0 Å². The summed E-state index contributed by atoms with van der Waals surface area (Å²) in [5.41, 5.74) is 4.88. The second-order valence-corrected chi connectivity index (χ2v) is 5.46. The molecule has 0 aromatic heterocycles. The molecular weight excluding hydrogens is 282 g/mol. The smallest absolute Gasteiger partial charge is 0.120 e. The van der Waals surface area contributed by atoms with E-state index < -0.39 is 0 Å². The lowest BCUT2D eigenvalue weighted by Crippen LogP contribution is -1.95. The Hall–Kier alpha value is -3.05. The first-order valence-electron chi connectivity index (χ1n) is 7.54. The molecule has 0 fully saturated rings. The van der Waals surface area contributed by atoms with E-state index in [1.807, 2.05) is 79.7 Å². The second-order valence-electron chi connectivity index (χ2n) is 5.46. The van der Waals surface area contributed by atoms with Crippen LogP contribution < -0.4 is 4.74 Å². The zero-order chi connectivity index (χ0) is 16.1. The monoisotopic (exact) mass is 299 g/mol. The Morgan fingerprint density at radius 1 is 0.913 bits per heavy atom. The lowest BCUT2D eigenvalue weighted by molar-refractivity contribution is 0.306. The summed E-state index contributed by atoms with van der Waals surface area (Å²) >= 11 is 0. The molecule has 3 aromatic rings. The summed E-state index contributed by atoms with van der Waals surface area (Å²) in [6, 6.07) is 26.1. The average molecular weight is 299 g/mol. The van der Waals surface area contributed by atoms with Gasteiger partial charge in [0.2, 0.25) is 0 Å². The van der Waals surface area contributed by atoms with Crippen LogP contribution in [0.5, 0.6) is 5.75 Å². The molecule has 0 heterocycles. The van der Waals surface area contributed by atoms with Gasteiger partial charge >= 0.3 is 0 Å². The second kappa shape index (κ2) is 6.81. The van der Waals surface area contributed by atoms with Crippen molar-refractivity contribution in [1.29, 1.82) is 5.26 Å². The van der Waals surface area contributed by atoms with Crippen molar-refractivity contribution in [3.8, 4) is 22.9 Å². The maximum Gasteiger partial charge on any atom is 0.120 e. The van der Waals surface area contributed by atoms with Gasteiger partial charge in [-0.25, -0.2) is 0 Å². The van der Waals surface area contributed by atoms with Crippen LogP contribution in [0, 0.1) is 18.3 Å². The Balaban J connectivity index is 1.86. The van der Waals surface area contributed by atoms with Crippen LogP contribution in [0.25, 0.3) is 11.1 Å². The maximum absolute atomic E-state index is 9.31. The third-order valence-electron chi connectivity index (χ3n) is 3.69. The largest absolute Gasteiger partial charge is 0.489 e. The van der Waals surface area contributed by atoms with Crippen molar-refractivity contribution in [2.75, 3.05) is 0 Å². The minimum absolute atomic E-state index is 0.531. The molecule has 3 aromatic carbocycles. The van der Waals surface area contributed by atoms with E-state index in [0.717, 1.165) is 28.0 Å². The van der Waals surface area contributed by atoms with Crippen LogP contribution in [0.4, 0.5) is 0 Å². The highest BCUT2D eigenvalue weighted by Gasteiger charge is 2.06. The van der Waals surface area contributed by atoms with E-state index in [4.69, 9.17) is 4.74 Å². The van der Waals surface area contributed by atoms with Crippen LogP contribution in [-0.4, -0.2) is 0 Å². The normalized spacial score (nSPS) is 10.1. The number of rotatable bonds is 4. The molecule has 112 valence electrons. The summed E-state index contributed by atoms with van der Waals surface area (Å²) in [5, 5.41) is 9.31. The van der Waals surface area contributed by atoms with Gasteiger partial charge in [0, 0.05) is 0 Å². The van der Waals surface area contributed by atoms with E-state index in [-0.39, 0.29) is 0 Å². The van der Waals surface area contributed by atoms with Gasteiger partial charge in [0.1, 0.15) is 12.4 Å². The zero-order valence-electron chi connectivity index (χ0n) is 13.0. The number of nitrogens with zero attached hydrogens (tertiary/aromatic N) is 1. The van der Waals surface area contributed by atoms with E-state index >= 15 is 0 Å². The molecule has 0 N–H and O–H groups in total. The van der Waals surface area contributed by atoms with Crippen LogP contribution in [0.15, 0.2) is 72.8 Å². The molecule has 0 aliphatic rings. The quantitative estimate of drug-likeness (QED) is 0.670. The van der Waals surface area contributed by atoms with E-state index in [2.05, 4.69) is 6.07 Å². The average Bonchev–Trinajstić information content (AvgIpc) is 2.61. The number of aryl methyl sites for hydroxylation is 1. The van der Waals surface area contributed by atoms with Crippen molar-refractivity contribution in [2.45, 2.75) is 13.5 Å². The number of benzene rings is 3. The highest BCUT2D eigenvalue weighted by molar-refractivity contribution is 5.72. The van der Waals surface area contributed by atoms with E-state index in [9.17, 15) is 5.26 Å². The van der Waals surface area contributed by atoms with Crippen molar-refractivity contribution >= 4 is 0 Å². The number of hydrogen-bond acceptors (Lipinski definition) is 2. The van der Waals surface area contributed by atoms with Gasteiger partial charge in [-0.05, 0) is 41.8 Å². The van der Waals surface area contributed by atoms with Crippen molar-refractivity contribution in [1.82, 2.24) is 0 Å². The van der Waals surface area contributed by atoms with Crippen LogP contribution in [0.2, 0.25) is 0 Å².